The first kappa shape index (κ1) is 12.4. The zero-order valence-electron chi connectivity index (χ0n) is 10.5. The van der Waals surface area contributed by atoms with Gasteiger partial charge in [-0.25, -0.2) is 4.79 Å². The third kappa shape index (κ3) is 2.01. The number of hydrogen-bond acceptors (Lipinski definition) is 3. The number of amides is 1. The van der Waals surface area contributed by atoms with Gasteiger partial charge in [-0.2, -0.15) is 0 Å². The summed E-state index contributed by atoms with van der Waals surface area (Å²) in [5, 5.41) is 0. The van der Waals surface area contributed by atoms with Crippen LogP contribution in [0, 0.1) is 0 Å². The van der Waals surface area contributed by atoms with E-state index < -0.39 is 11.5 Å². The maximum Gasteiger partial charge on any atom is 0.354 e. The van der Waals surface area contributed by atoms with Gasteiger partial charge in [0.1, 0.15) is 12.3 Å². The third-order valence-corrected chi connectivity index (χ3v) is 2.89. The molecule has 0 aliphatic carbocycles. The molecule has 4 heteroatoms. The van der Waals surface area contributed by atoms with Crippen molar-refractivity contribution in [3.05, 3.63) is 48.2 Å². The second-order valence-corrected chi connectivity index (χ2v) is 4.84. The fraction of sp³-hybridized carbons (Fsp3) is 0.286. The van der Waals surface area contributed by atoms with Crippen molar-refractivity contribution in [2.75, 3.05) is 6.61 Å². The van der Waals surface area contributed by atoms with Crippen LogP contribution >= 0.6 is 0 Å². The van der Waals surface area contributed by atoms with Crippen LogP contribution in [-0.2, 0) is 9.53 Å². The van der Waals surface area contributed by atoms with E-state index in [-0.39, 0.29) is 18.2 Å². The molecular weight excluding hydrogens is 230 g/mol. The van der Waals surface area contributed by atoms with E-state index in [4.69, 9.17) is 4.74 Å². The molecule has 4 nitrogen and oxygen atoms in total. The molecule has 0 radical (unpaired) electrons. The Labute approximate surface area is 106 Å². The molecule has 1 aliphatic rings. The van der Waals surface area contributed by atoms with Gasteiger partial charge in [0.2, 0.25) is 0 Å². The van der Waals surface area contributed by atoms with Gasteiger partial charge in [0.25, 0.3) is 5.91 Å². The highest BCUT2D eigenvalue weighted by Crippen LogP contribution is 2.27. The first-order valence-corrected chi connectivity index (χ1v) is 5.69. The van der Waals surface area contributed by atoms with E-state index in [2.05, 4.69) is 6.58 Å². The predicted molar refractivity (Wildman–Crippen MR) is 66.8 cm³/mol. The van der Waals surface area contributed by atoms with Crippen molar-refractivity contribution in [2.24, 2.45) is 0 Å². The number of rotatable bonds is 1. The second-order valence-electron chi connectivity index (χ2n) is 4.84. The molecule has 1 fully saturated rings. The molecular formula is C14H15NO3. The monoisotopic (exact) mass is 245 g/mol. The van der Waals surface area contributed by atoms with Crippen molar-refractivity contribution in [1.29, 1.82) is 0 Å². The van der Waals surface area contributed by atoms with Crippen molar-refractivity contribution >= 4 is 11.9 Å². The first-order chi connectivity index (χ1) is 8.43. The van der Waals surface area contributed by atoms with E-state index in [0.29, 0.717) is 5.56 Å². The molecule has 1 aromatic carbocycles. The van der Waals surface area contributed by atoms with Gasteiger partial charge in [0, 0.05) is 5.56 Å². The minimum atomic E-state index is -0.585. The number of ether oxygens (including phenoxy) is 1. The van der Waals surface area contributed by atoms with E-state index in [1.807, 2.05) is 19.9 Å². The lowest BCUT2D eigenvalue weighted by atomic mass is 9.99. The number of benzene rings is 1. The Morgan fingerprint density at radius 3 is 2.56 bits per heavy atom. The van der Waals surface area contributed by atoms with Crippen LogP contribution in [0.1, 0.15) is 24.2 Å². The van der Waals surface area contributed by atoms with Crippen LogP contribution in [0.5, 0.6) is 0 Å². The molecule has 18 heavy (non-hydrogen) atoms. The van der Waals surface area contributed by atoms with Gasteiger partial charge in [-0.05, 0) is 26.0 Å². The summed E-state index contributed by atoms with van der Waals surface area (Å²) in [4.78, 5) is 25.4. The van der Waals surface area contributed by atoms with Crippen LogP contribution < -0.4 is 0 Å². The van der Waals surface area contributed by atoms with Gasteiger partial charge >= 0.3 is 5.97 Å². The zero-order chi connectivity index (χ0) is 13.3. The maximum atomic E-state index is 12.4. The van der Waals surface area contributed by atoms with E-state index in [1.54, 1.807) is 24.3 Å². The van der Waals surface area contributed by atoms with Crippen LogP contribution in [0.25, 0.3) is 0 Å². The number of nitrogens with zero attached hydrogens (tertiary/aromatic N) is 1. The fourth-order valence-corrected chi connectivity index (χ4v) is 1.95. The summed E-state index contributed by atoms with van der Waals surface area (Å²) in [6, 6.07) is 8.83. The van der Waals surface area contributed by atoms with Crippen molar-refractivity contribution < 1.29 is 14.3 Å². The summed E-state index contributed by atoms with van der Waals surface area (Å²) < 4.78 is 4.99. The highest BCUT2D eigenvalue weighted by Gasteiger charge is 2.41. The van der Waals surface area contributed by atoms with Crippen LogP contribution in [-0.4, -0.2) is 28.9 Å². The number of carbonyl (C=O) groups is 2. The van der Waals surface area contributed by atoms with E-state index in [9.17, 15) is 9.59 Å². The summed E-state index contributed by atoms with van der Waals surface area (Å²) in [5.41, 5.74) is 0.0271. The summed E-state index contributed by atoms with van der Waals surface area (Å²) >= 11 is 0. The van der Waals surface area contributed by atoms with Gasteiger partial charge in [-0.15, -0.1) is 0 Å². The second kappa shape index (κ2) is 4.29. The molecule has 0 N–H and O–H groups in total. The van der Waals surface area contributed by atoms with Crippen molar-refractivity contribution in [1.82, 2.24) is 4.90 Å². The van der Waals surface area contributed by atoms with E-state index in [1.165, 1.54) is 4.90 Å². The lowest BCUT2D eigenvalue weighted by Crippen LogP contribution is -2.55. The average molecular weight is 245 g/mol. The van der Waals surface area contributed by atoms with E-state index >= 15 is 0 Å². The molecule has 0 saturated carbocycles. The molecule has 0 atom stereocenters. The van der Waals surface area contributed by atoms with Crippen LogP contribution in [0.3, 0.4) is 0 Å². The largest absolute Gasteiger partial charge is 0.459 e. The number of cyclic esters (lactones) is 1. The Kier molecular flexibility index (Phi) is 2.95. The smallest absolute Gasteiger partial charge is 0.354 e. The van der Waals surface area contributed by atoms with Gasteiger partial charge in [-0.3, -0.25) is 9.69 Å². The number of morpholine rings is 1. The summed E-state index contributed by atoms with van der Waals surface area (Å²) in [5.74, 6) is -0.777. The maximum absolute atomic E-state index is 12.4. The van der Waals surface area contributed by atoms with Crippen molar-refractivity contribution in [3.63, 3.8) is 0 Å². The minimum absolute atomic E-state index is 0.0834. The molecule has 1 heterocycles. The molecule has 0 aromatic heterocycles. The SMILES string of the molecule is C=C1C(=O)OCC(C)(C)N1C(=O)c1ccccc1. The average Bonchev–Trinajstić information content (AvgIpc) is 2.35. The first-order valence-electron chi connectivity index (χ1n) is 5.69. The van der Waals surface area contributed by atoms with Gasteiger partial charge < -0.3 is 4.74 Å². The molecule has 0 unspecified atom stereocenters. The molecule has 1 amide bonds. The molecule has 94 valence electrons. The highest BCUT2D eigenvalue weighted by atomic mass is 16.5. The molecule has 1 aliphatic heterocycles. The lowest BCUT2D eigenvalue weighted by molar-refractivity contribution is -0.150. The Balaban J connectivity index is 2.38. The summed E-state index contributed by atoms with van der Waals surface area (Å²) in [7, 11) is 0. The molecule has 1 saturated heterocycles. The van der Waals surface area contributed by atoms with Crippen molar-refractivity contribution in [3.8, 4) is 0 Å². The zero-order valence-corrected chi connectivity index (χ0v) is 10.5. The van der Waals surface area contributed by atoms with Gasteiger partial charge in [0.05, 0.1) is 5.54 Å². The predicted octanol–water partition coefficient (Wildman–Crippen LogP) is 1.98. The number of hydrogen-bond donors (Lipinski definition) is 0. The summed E-state index contributed by atoms with van der Waals surface area (Å²) in [6.07, 6.45) is 0. The topological polar surface area (TPSA) is 46.6 Å². The molecule has 2 rings (SSSR count). The number of carbonyl (C=O) groups excluding carboxylic acids is 2. The molecule has 1 aromatic rings. The lowest BCUT2D eigenvalue weighted by Gasteiger charge is -2.41. The van der Waals surface area contributed by atoms with Crippen molar-refractivity contribution in [2.45, 2.75) is 19.4 Å². The fourth-order valence-electron chi connectivity index (χ4n) is 1.95. The Bertz CT molecular complexity index is 505. The summed E-state index contributed by atoms with van der Waals surface area (Å²) in [6.45, 7) is 7.50. The molecule has 0 bridgehead atoms. The Morgan fingerprint density at radius 1 is 1.33 bits per heavy atom. The van der Waals surface area contributed by atoms with Gasteiger partial charge in [0.15, 0.2) is 0 Å². The highest BCUT2D eigenvalue weighted by molar-refractivity contribution is 6.02. The normalized spacial score (nSPS) is 18.4. The standard InChI is InChI=1S/C14H15NO3/c1-10-13(17)18-9-14(2,3)15(10)12(16)11-7-5-4-6-8-11/h4-8H,1,9H2,2-3H3. The van der Waals surface area contributed by atoms with Crippen LogP contribution in [0.2, 0.25) is 0 Å². The van der Waals surface area contributed by atoms with E-state index in [0.717, 1.165) is 0 Å². The van der Waals surface area contributed by atoms with Gasteiger partial charge in [-0.1, -0.05) is 24.8 Å². The quantitative estimate of drug-likeness (QED) is 0.561. The Hall–Kier alpha value is -2.10. The minimum Gasteiger partial charge on any atom is -0.459 e. The molecule has 0 spiro atoms. The van der Waals surface area contributed by atoms with Crippen LogP contribution in [0.4, 0.5) is 0 Å². The third-order valence-electron chi connectivity index (χ3n) is 2.89. The number of esters is 1. The Morgan fingerprint density at radius 2 is 1.94 bits per heavy atom. The van der Waals surface area contributed by atoms with Crippen LogP contribution in [0.15, 0.2) is 42.6 Å².